The zero-order valence-corrected chi connectivity index (χ0v) is 10.2. The maximum absolute atomic E-state index is 5.64. The minimum atomic E-state index is 0.343. The highest BCUT2D eigenvalue weighted by Gasteiger charge is 2.07. The molecule has 0 aliphatic heterocycles. The Kier molecular flexibility index (Phi) is 4.27. The smallest absolute Gasteiger partial charge is 0.241 e. The number of ether oxygens (including phenoxy) is 2. The summed E-state index contributed by atoms with van der Waals surface area (Å²) in [7, 11) is 1.66. The number of fused-ring (bicyclic) bond motifs is 1. The normalized spacial score (nSPS) is 10.6. The number of nitrogens with zero attached hydrogens (tertiary/aromatic N) is 2. The molecule has 0 aliphatic rings. The summed E-state index contributed by atoms with van der Waals surface area (Å²) in [5, 5.41) is 0.869. The van der Waals surface area contributed by atoms with Crippen molar-refractivity contribution in [1.82, 2.24) is 9.97 Å². The lowest BCUT2D eigenvalue weighted by atomic mass is 10.2. The Morgan fingerprint density at radius 2 is 2.06 bits per heavy atom. The van der Waals surface area contributed by atoms with Crippen LogP contribution in [0.15, 0.2) is 24.3 Å². The summed E-state index contributed by atoms with van der Waals surface area (Å²) in [6.07, 6.45) is 0.806. The van der Waals surface area contributed by atoms with Gasteiger partial charge in [0.25, 0.3) is 0 Å². The summed E-state index contributed by atoms with van der Waals surface area (Å²) in [6.45, 7) is 1.20. The molecule has 18 heavy (non-hydrogen) atoms. The van der Waals surface area contributed by atoms with Crippen molar-refractivity contribution in [3.8, 4) is 5.88 Å². The molecule has 96 valence electrons. The van der Waals surface area contributed by atoms with Gasteiger partial charge in [-0.2, -0.15) is 4.98 Å². The number of para-hydroxylation sites is 1. The van der Waals surface area contributed by atoms with Crippen molar-refractivity contribution < 1.29 is 9.47 Å². The molecule has 2 aromatic rings. The number of nitrogens with two attached hydrogens (primary N) is 1. The number of hydrogen-bond donors (Lipinski definition) is 2. The van der Waals surface area contributed by atoms with Gasteiger partial charge in [-0.3, -0.25) is 5.43 Å². The van der Waals surface area contributed by atoms with E-state index >= 15 is 0 Å². The van der Waals surface area contributed by atoms with E-state index in [-0.39, 0.29) is 0 Å². The van der Waals surface area contributed by atoms with Gasteiger partial charge < -0.3 is 9.47 Å². The van der Waals surface area contributed by atoms with E-state index < -0.39 is 0 Å². The molecule has 0 saturated carbocycles. The van der Waals surface area contributed by atoms with E-state index in [4.69, 9.17) is 15.3 Å². The number of nitrogen functional groups attached to an aromatic ring is 1. The Bertz CT molecular complexity index is 518. The van der Waals surface area contributed by atoms with Gasteiger partial charge in [0.15, 0.2) is 0 Å². The molecule has 0 unspecified atom stereocenters. The first-order valence-corrected chi connectivity index (χ1v) is 5.70. The topological polar surface area (TPSA) is 82.3 Å². The van der Waals surface area contributed by atoms with Crippen molar-refractivity contribution in [2.24, 2.45) is 5.84 Å². The van der Waals surface area contributed by atoms with Gasteiger partial charge >= 0.3 is 0 Å². The standard InChI is InChI=1S/C12H16N4O2/c1-17-7-4-8-18-11-9-5-2-3-6-10(9)14-12(15-11)16-13/h2-3,5-6H,4,7-8,13H2,1H3,(H,14,15,16). The third-order valence-corrected chi connectivity index (χ3v) is 2.43. The predicted molar refractivity (Wildman–Crippen MR) is 69.3 cm³/mol. The van der Waals surface area contributed by atoms with Crippen LogP contribution in [0.4, 0.5) is 5.95 Å². The minimum absolute atomic E-state index is 0.343. The van der Waals surface area contributed by atoms with Gasteiger partial charge in [-0.15, -0.1) is 0 Å². The zero-order chi connectivity index (χ0) is 12.8. The molecule has 1 aromatic heterocycles. The average molecular weight is 248 g/mol. The fourth-order valence-corrected chi connectivity index (χ4v) is 1.59. The number of hydrazine groups is 1. The second-order valence-electron chi connectivity index (χ2n) is 3.71. The number of benzene rings is 1. The van der Waals surface area contributed by atoms with E-state index in [0.717, 1.165) is 17.3 Å². The first kappa shape index (κ1) is 12.5. The molecule has 6 heteroatoms. The second-order valence-corrected chi connectivity index (χ2v) is 3.71. The highest BCUT2D eigenvalue weighted by atomic mass is 16.5. The number of nitrogens with one attached hydrogen (secondary N) is 1. The molecule has 3 N–H and O–H groups in total. The van der Waals surface area contributed by atoms with Gasteiger partial charge in [-0.1, -0.05) is 12.1 Å². The first-order valence-electron chi connectivity index (χ1n) is 5.70. The maximum Gasteiger partial charge on any atom is 0.241 e. The molecule has 2 rings (SSSR count). The molecule has 0 atom stereocenters. The fraction of sp³-hybridized carbons (Fsp3) is 0.333. The number of rotatable bonds is 6. The van der Waals surface area contributed by atoms with Crippen molar-refractivity contribution in [3.05, 3.63) is 24.3 Å². The van der Waals surface area contributed by atoms with E-state index in [1.165, 1.54) is 0 Å². The van der Waals surface area contributed by atoms with Gasteiger partial charge in [-0.25, -0.2) is 10.8 Å². The molecular weight excluding hydrogens is 232 g/mol. The van der Waals surface area contributed by atoms with E-state index in [9.17, 15) is 0 Å². The molecule has 0 spiro atoms. The first-order chi connectivity index (χ1) is 8.85. The van der Waals surface area contributed by atoms with Crippen LogP contribution in [0.5, 0.6) is 5.88 Å². The quantitative estimate of drug-likeness (QED) is 0.456. The summed E-state index contributed by atoms with van der Waals surface area (Å²) in [4.78, 5) is 8.45. The van der Waals surface area contributed by atoms with Gasteiger partial charge in [0.05, 0.1) is 17.5 Å². The highest BCUT2D eigenvalue weighted by molar-refractivity contribution is 5.84. The summed E-state index contributed by atoms with van der Waals surface area (Å²) in [6, 6.07) is 7.63. The van der Waals surface area contributed by atoms with E-state index in [1.54, 1.807) is 7.11 Å². The molecule has 1 heterocycles. The lowest BCUT2D eigenvalue weighted by Crippen LogP contribution is -2.12. The van der Waals surface area contributed by atoms with Crippen molar-refractivity contribution in [3.63, 3.8) is 0 Å². The van der Waals surface area contributed by atoms with Crippen molar-refractivity contribution in [2.75, 3.05) is 25.7 Å². The predicted octanol–water partition coefficient (Wildman–Crippen LogP) is 1.33. The van der Waals surface area contributed by atoms with Crippen LogP contribution in [0, 0.1) is 0 Å². The minimum Gasteiger partial charge on any atom is -0.477 e. The maximum atomic E-state index is 5.64. The lowest BCUT2D eigenvalue weighted by Gasteiger charge is -2.09. The molecule has 0 bridgehead atoms. The van der Waals surface area contributed by atoms with Crippen molar-refractivity contribution in [2.45, 2.75) is 6.42 Å². The number of methoxy groups -OCH3 is 1. The van der Waals surface area contributed by atoms with Crippen LogP contribution >= 0.6 is 0 Å². The van der Waals surface area contributed by atoms with Gasteiger partial charge in [0.2, 0.25) is 11.8 Å². The Hall–Kier alpha value is -1.92. The zero-order valence-electron chi connectivity index (χ0n) is 10.2. The Morgan fingerprint density at radius 1 is 1.22 bits per heavy atom. The van der Waals surface area contributed by atoms with Crippen molar-refractivity contribution in [1.29, 1.82) is 0 Å². The second kappa shape index (κ2) is 6.13. The van der Waals surface area contributed by atoms with E-state index in [2.05, 4.69) is 15.4 Å². The van der Waals surface area contributed by atoms with Gasteiger partial charge in [-0.05, 0) is 12.1 Å². The molecule has 0 fully saturated rings. The molecule has 0 saturated heterocycles. The summed E-state index contributed by atoms with van der Waals surface area (Å²) >= 11 is 0. The van der Waals surface area contributed by atoms with Crippen LogP contribution in [0.1, 0.15) is 6.42 Å². The van der Waals surface area contributed by atoms with Crippen LogP contribution in [0.2, 0.25) is 0 Å². The Morgan fingerprint density at radius 3 is 2.83 bits per heavy atom. The third kappa shape index (κ3) is 2.85. The third-order valence-electron chi connectivity index (χ3n) is 2.43. The van der Waals surface area contributed by atoms with Gasteiger partial charge in [0.1, 0.15) is 0 Å². The van der Waals surface area contributed by atoms with Gasteiger partial charge in [0, 0.05) is 20.1 Å². The number of anilines is 1. The van der Waals surface area contributed by atoms with Crippen LogP contribution in [-0.4, -0.2) is 30.3 Å². The summed E-state index contributed by atoms with van der Waals surface area (Å²) in [5.74, 6) is 6.21. The lowest BCUT2D eigenvalue weighted by molar-refractivity contribution is 0.171. The monoisotopic (exact) mass is 248 g/mol. The number of hydrogen-bond acceptors (Lipinski definition) is 6. The van der Waals surface area contributed by atoms with Crippen LogP contribution < -0.4 is 16.0 Å². The SMILES string of the molecule is COCCCOc1nc(NN)nc2ccccc12. The molecule has 0 aliphatic carbocycles. The van der Waals surface area contributed by atoms with Crippen molar-refractivity contribution >= 4 is 16.9 Å². The van der Waals surface area contributed by atoms with Crippen LogP contribution in [-0.2, 0) is 4.74 Å². The summed E-state index contributed by atoms with van der Waals surface area (Å²) in [5.41, 5.74) is 3.23. The largest absolute Gasteiger partial charge is 0.477 e. The molecule has 1 aromatic carbocycles. The molecule has 6 nitrogen and oxygen atoms in total. The molecule has 0 radical (unpaired) electrons. The van der Waals surface area contributed by atoms with Crippen LogP contribution in [0.3, 0.4) is 0 Å². The Labute approximate surface area is 105 Å². The van der Waals surface area contributed by atoms with E-state index in [0.29, 0.717) is 25.0 Å². The fourth-order valence-electron chi connectivity index (χ4n) is 1.59. The molecular formula is C12H16N4O2. The van der Waals surface area contributed by atoms with Crippen LogP contribution in [0.25, 0.3) is 10.9 Å². The highest BCUT2D eigenvalue weighted by Crippen LogP contribution is 2.23. The number of aromatic nitrogens is 2. The Balaban J connectivity index is 2.23. The molecule has 0 amide bonds. The van der Waals surface area contributed by atoms with E-state index in [1.807, 2.05) is 24.3 Å². The summed E-state index contributed by atoms with van der Waals surface area (Å²) < 4.78 is 10.6. The average Bonchev–Trinajstić information content (AvgIpc) is 2.43.